The summed E-state index contributed by atoms with van der Waals surface area (Å²) in [5.74, 6) is -0.237. The molecule has 0 radical (unpaired) electrons. The minimum absolute atomic E-state index is 0.139. The van der Waals surface area contributed by atoms with Crippen LogP contribution in [-0.2, 0) is 17.6 Å². The molecule has 0 saturated heterocycles. The number of ether oxygens (including phenoxy) is 1. The van der Waals surface area contributed by atoms with Gasteiger partial charge in [-0.2, -0.15) is 0 Å². The largest absolute Gasteiger partial charge is 0.624 e. The molecule has 3 aromatic rings. The van der Waals surface area contributed by atoms with Crippen molar-refractivity contribution in [3.63, 3.8) is 0 Å². The second kappa shape index (κ2) is 10.7. The highest BCUT2D eigenvalue weighted by Crippen LogP contribution is 2.40. The van der Waals surface area contributed by atoms with E-state index in [1.807, 2.05) is 32.2 Å². The molecule has 0 fully saturated rings. The van der Waals surface area contributed by atoms with Crippen molar-refractivity contribution in [1.29, 1.82) is 0 Å². The highest BCUT2D eigenvalue weighted by Gasteiger charge is 2.38. The van der Waals surface area contributed by atoms with Crippen LogP contribution in [0.15, 0.2) is 66.4 Å². The second-order valence-electron chi connectivity index (χ2n) is 9.05. The van der Waals surface area contributed by atoms with Crippen molar-refractivity contribution in [2.75, 3.05) is 13.7 Å². The van der Waals surface area contributed by atoms with Crippen LogP contribution in [0.5, 0.6) is 5.75 Å². The number of rotatable bonds is 8. The van der Waals surface area contributed by atoms with E-state index >= 15 is 0 Å². The Kier molecular flexibility index (Phi) is 7.48. The van der Waals surface area contributed by atoms with E-state index in [1.165, 1.54) is 24.7 Å². The molecular formula is C29H30FN3O3. The molecule has 6 nitrogen and oxygen atoms in total. The van der Waals surface area contributed by atoms with Gasteiger partial charge in [0.15, 0.2) is 0 Å². The number of aryl methyl sites for hydroxylation is 1. The number of aromatic nitrogens is 1. The summed E-state index contributed by atoms with van der Waals surface area (Å²) < 4.78 is 20.8. The maximum atomic E-state index is 14.1. The van der Waals surface area contributed by atoms with Gasteiger partial charge in [0.2, 0.25) is 5.71 Å². The molecule has 2 aromatic carbocycles. The summed E-state index contributed by atoms with van der Waals surface area (Å²) in [6, 6.07) is 15.4. The lowest BCUT2D eigenvalue weighted by Gasteiger charge is -2.12. The van der Waals surface area contributed by atoms with Gasteiger partial charge in [-0.15, -0.1) is 0 Å². The standard InChI is InChI=1S/C29H30FN3O3/c1-5-19-9-10-22(31-17-19)13-14-36-23-11-12-24-25(16-23)28(33(4)35)27(29(34)32-18(2)3)26(24)20-7-6-8-21(30)15-20/h6-12,15-18H,5,13-14H2,1-4H3,(H,32,34)/b33-28+. The van der Waals surface area contributed by atoms with Crippen molar-refractivity contribution in [3.8, 4) is 5.75 Å². The van der Waals surface area contributed by atoms with Gasteiger partial charge >= 0.3 is 0 Å². The molecule has 1 aliphatic carbocycles. The van der Waals surface area contributed by atoms with Crippen molar-refractivity contribution in [2.24, 2.45) is 0 Å². The van der Waals surface area contributed by atoms with Crippen LogP contribution in [0.3, 0.4) is 0 Å². The van der Waals surface area contributed by atoms with Gasteiger partial charge in [-0.1, -0.05) is 25.1 Å². The normalized spacial score (nSPS) is 14.2. The molecule has 1 N–H and O–H groups in total. The summed E-state index contributed by atoms with van der Waals surface area (Å²) in [7, 11) is 1.36. The summed E-state index contributed by atoms with van der Waals surface area (Å²) in [5.41, 5.74) is 4.86. The number of nitrogens with one attached hydrogen (secondary N) is 1. The van der Waals surface area contributed by atoms with Gasteiger partial charge in [0.25, 0.3) is 5.91 Å². The number of amides is 1. The first-order valence-electron chi connectivity index (χ1n) is 12.1. The highest BCUT2D eigenvalue weighted by atomic mass is 19.1. The number of hydrogen-bond donors (Lipinski definition) is 1. The van der Waals surface area contributed by atoms with Crippen molar-refractivity contribution in [2.45, 2.75) is 39.7 Å². The van der Waals surface area contributed by atoms with Crippen LogP contribution in [0.1, 0.15) is 48.7 Å². The van der Waals surface area contributed by atoms with Crippen LogP contribution < -0.4 is 10.1 Å². The van der Waals surface area contributed by atoms with E-state index in [2.05, 4.69) is 23.3 Å². The molecule has 0 unspecified atom stereocenters. The summed E-state index contributed by atoms with van der Waals surface area (Å²) in [6.45, 7) is 6.19. The van der Waals surface area contributed by atoms with E-state index in [-0.39, 0.29) is 23.2 Å². The summed E-state index contributed by atoms with van der Waals surface area (Å²) in [6.07, 6.45) is 3.45. The highest BCUT2D eigenvalue weighted by molar-refractivity contribution is 6.36. The molecule has 1 aliphatic rings. The zero-order valence-electron chi connectivity index (χ0n) is 21.0. The summed E-state index contributed by atoms with van der Waals surface area (Å²) in [5, 5.41) is 15.6. The zero-order valence-corrected chi connectivity index (χ0v) is 21.0. The Labute approximate surface area is 210 Å². The molecule has 0 atom stereocenters. The fraction of sp³-hybridized carbons (Fsp3) is 0.276. The van der Waals surface area contributed by atoms with Crippen molar-refractivity contribution < 1.29 is 18.7 Å². The maximum absolute atomic E-state index is 14.1. The molecule has 7 heteroatoms. The van der Waals surface area contributed by atoms with E-state index in [0.717, 1.165) is 12.1 Å². The van der Waals surface area contributed by atoms with Crippen LogP contribution in [0.4, 0.5) is 4.39 Å². The number of hydroxylamine groups is 1. The van der Waals surface area contributed by atoms with Gasteiger partial charge in [-0.25, -0.2) is 9.13 Å². The van der Waals surface area contributed by atoms with Crippen molar-refractivity contribution >= 4 is 17.2 Å². The predicted molar refractivity (Wildman–Crippen MR) is 139 cm³/mol. The minimum atomic E-state index is -0.422. The number of fused-ring (bicyclic) bond motifs is 1. The van der Waals surface area contributed by atoms with Crippen LogP contribution >= 0.6 is 0 Å². The third-order valence-electron chi connectivity index (χ3n) is 6.00. The van der Waals surface area contributed by atoms with E-state index in [0.29, 0.717) is 45.8 Å². The van der Waals surface area contributed by atoms with Crippen LogP contribution in [0.2, 0.25) is 0 Å². The smallest absolute Gasteiger partial charge is 0.258 e. The molecule has 1 amide bonds. The summed E-state index contributed by atoms with van der Waals surface area (Å²) >= 11 is 0. The van der Waals surface area contributed by atoms with Crippen LogP contribution in [0.25, 0.3) is 5.57 Å². The Morgan fingerprint density at radius 2 is 1.94 bits per heavy atom. The number of halogens is 1. The van der Waals surface area contributed by atoms with Crippen molar-refractivity contribution in [3.05, 3.63) is 105 Å². The zero-order chi connectivity index (χ0) is 25.8. The summed E-state index contributed by atoms with van der Waals surface area (Å²) in [4.78, 5) is 17.7. The van der Waals surface area contributed by atoms with E-state index in [9.17, 15) is 14.4 Å². The average Bonchev–Trinajstić information content (AvgIpc) is 3.19. The van der Waals surface area contributed by atoms with Gasteiger partial charge in [-0.3, -0.25) is 9.78 Å². The van der Waals surface area contributed by atoms with E-state index in [1.54, 1.807) is 24.3 Å². The Morgan fingerprint density at radius 3 is 2.58 bits per heavy atom. The Morgan fingerprint density at radius 1 is 1.14 bits per heavy atom. The number of carbonyl (C=O) groups excluding carboxylic acids is 1. The SMILES string of the molecule is CCc1ccc(CCOc2ccc3c(c2)/C(=[N+](/C)[O-])C(C(=O)NC(C)C)=C3c2cccc(F)c2)nc1. The molecular weight excluding hydrogens is 457 g/mol. The average molecular weight is 488 g/mol. The van der Waals surface area contributed by atoms with Crippen LogP contribution in [-0.4, -0.2) is 41.0 Å². The molecule has 0 bridgehead atoms. The lowest BCUT2D eigenvalue weighted by molar-refractivity contribution is -0.421. The predicted octanol–water partition coefficient (Wildman–Crippen LogP) is 4.67. The first kappa shape index (κ1) is 25.1. The van der Waals surface area contributed by atoms with Crippen LogP contribution in [0, 0.1) is 11.0 Å². The van der Waals surface area contributed by atoms with Gasteiger partial charge in [-0.05, 0) is 73.4 Å². The monoisotopic (exact) mass is 487 g/mol. The quantitative estimate of drug-likeness (QED) is 0.285. The molecule has 1 heterocycles. The number of carbonyl (C=O) groups is 1. The first-order chi connectivity index (χ1) is 17.3. The van der Waals surface area contributed by atoms with Gasteiger partial charge in [0.05, 0.1) is 12.2 Å². The molecule has 0 aliphatic heterocycles. The first-order valence-corrected chi connectivity index (χ1v) is 12.1. The van der Waals surface area contributed by atoms with E-state index < -0.39 is 5.82 Å². The molecule has 0 saturated carbocycles. The minimum Gasteiger partial charge on any atom is -0.624 e. The fourth-order valence-corrected chi connectivity index (χ4v) is 4.33. The third kappa shape index (κ3) is 5.30. The number of benzene rings is 2. The Bertz CT molecular complexity index is 1340. The van der Waals surface area contributed by atoms with Gasteiger partial charge in [0, 0.05) is 29.9 Å². The van der Waals surface area contributed by atoms with Crippen molar-refractivity contribution in [1.82, 2.24) is 10.3 Å². The van der Waals surface area contributed by atoms with Gasteiger partial charge < -0.3 is 15.3 Å². The number of pyridine rings is 1. The lowest BCUT2D eigenvalue weighted by atomic mass is 9.97. The van der Waals surface area contributed by atoms with Gasteiger partial charge in [0.1, 0.15) is 24.2 Å². The van der Waals surface area contributed by atoms with E-state index in [4.69, 9.17) is 4.74 Å². The second-order valence-corrected chi connectivity index (χ2v) is 9.05. The topological polar surface area (TPSA) is 77.3 Å². The number of hydrogen-bond acceptors (Lipinski definition) is 4. The number of nitrogens with zero attached hydrogens (tertiary/aromatic N) is 2. The molecule has 0 spiro atoms. The maximum Gasteiger partial charge on any atom is 0.258 e. The third-order valence-corrected chi connectivity index (χ3v) is 6.00. The Balaban J connectivity index is 1.69. The fourth-order valence-electron chi connectivity index (χ4n) is 4.33. The molecule has 186 valence electrons. The Hall–Kier alpha value is -4.00. The molecule has 1 aromatic heterocycles. The molecule has 36 heavy (non-hydrogen) atoms. The lowest BCUT2D eigenvalue weighted by Crippen LogP contribution is -2.35. The molecule has 4 rings (SSSR count).